The van der Waals surface area contributed by atoms with Gasteiger partial charge in [0.05, 0.1) is 26.2 Å². The van der Waals surface area contributed by atoms with Crippen LogP contribution < -0.4 is 31.0 Å². The maximum absolute atomic E-state index is 14.2. The van der Waals surface area contributed by atoms with E-state index < -0.39 is 42.0 Å². The summed E-state index contributed by atoms with van der Waals surface area (Å²) in [5.41, 5.74) is 12.4. The third-order valence-electron chi connectivity index (χ3n) is 6.84. The summed E-state index contributed by atoms with van der Waals surface area (Å²) in [6.07, 6.45) is -0.785. The average molecular weight is 477 g/mol. The zero-order valence-electron chi connectivity index (χ0n) is 18.9. The van der Waals surface area contributed by atoms with Crippen molar-refractivity contribution < 1.29 is 28.9 Å². The molecule has 180 valence electrons. The molecule has 1 spiro atoms. The maximum Gasteiger partial charge on any atom is 0.323 e. The van der Waals surface area contributed by atoms with Crippen LogP contribution in [0.2, 0.25) is 0 Å². The van der Waals surface area contributed by atoms with E-state index in [1.807, 2.05) is 6.07 Å². The van der Waals surface area contributed by atoms with E-state index in [0.29, 0.717) is 22.7 Å². The van der Waals surface area contributed by atoms with Gasteiger partial charge in [0, 0.05) is 5.69 Å². The quantitative estimate of drug-likeness (QED) is 0.487. The zero-order valence-corrected chi connectivity index (χ0v) is 18.9. The number of amides is 1. The number of nitriles is 1. The van der Waals surface area contributed by atoms with Crippen LogP contribution in [0, 0.1) is 17.2 Å². The second-order valence-electron chi connectivity index (χ2n) is 8.41. The van der Waals surface area contributed by atoms with Gasteiger partial charge in [-0.25, -0.2) is 10.9 Å². The van der Waals surface area contributed by atoms with E-state index in [1.165, 1.54) is 19.1 Å². The molecule has 0 saturated carbocycles. The molecular weight excluding hydrogens is 454 g/mol. The Morgan fingerprint density at radius 3 is 2.66 bits per heavy atom. The molecule has 4 unspecified atom stereocenters. The SMILES string of the molecule is COc1ccc(C2NNC3OC(N)=C(C#N)C4(C(=O)N(CC(=O)O)c5ccccc54)C32)cc1OC. The molecular formula is C24H23N5O6. The number of nitrogens with two attached hydrogens (primary N) is 1. The lowest BCUT2D eigenvalue weighted by Gasteiger charge is -2.42. The number of carbonyl (C=O) groups excluding carboxylic acids is 1. The number of carbonyl (C=O) groups is 2. The number of benzene rings is 2. The minimum atomic E-state index is -1.58. The predicted octanol–water partition coefficient (Wildman–Crippen LogP) is 0.888. The van der Waals surface area contributed by atoms with Gasteiger partial charge in [-0.3, -0.25) is 14.5 Å². The first-order valence-electron chi connectivity index (χ1n) is 10.8. The Bertz CT molecular complexity index is 1300. The van der Waals surface area contributed by atoms with E-state index in [2.05, 4.69) is 16.9 Å². The second kappa shape index (κ2) is 8.19. The molecule has 3 aliphatic rings. The van der Waals surface area contributed by atoms with Crippen molar-refractivity contribution in [2.45, 2.75) is 17.7 Å². The number of rotatable bonds is 5. The number of carboxylic acids is 1. The van der Waals surface area contributed by atoms with Crippen molar-refractivity contribution >= 4 is 17.6 Å². The fourth-order valence-electron chi connectivity index (χ4n) is 5.48. The lowest BCUT2D eigenvalue weighted by Crippen LogP contribution is -2.56. The van der Waals surface area contributed by atoms with Crippen LogP contribution in [0.4, 0.5) is 5.69 Å². The summed E-state index contributed by atoms with van der Waals surface area (Å²) < 4.78 is 16.7. The predicted molar refractivity (Wildman–Crippen MR) is 122 cm³/mol. The first-order valence-corrected chi connectivity index (χ1v) is 10.8. The molecule has 3 aliphatic heterocycles. The van der Waals surface area contributed by atoms with Gasteiger partial charge in [0.1, 0.15) is 23.6 Å². The number of methoxy groups -OCH3 is 2. The van der Waals surface area contributed by atoms with E-state index >= 15 is 0 Å². The van der Waals surface area contributed by atoms with E-state index in [0.717, 1.165) is 5.56 Å². The van der Waals surface area contributed by atoms with Crippen LogP contribution in [-0.4, -0.2) is 44.0 Å². The van der Waals surface area contributed by atoms with Crippen LogP contribution in [-0.2, 0) is 19.7 Å². The maximum atomic E-state index is 14.2. The van der Waals surface area contributed by atoms with Gasteiger partial charge in [-0.1, -0.05) is 24.3 Å². The van der Waals surface area contributed by atoms with E-state index in [9.17, 15) is 20.0 Å². The third kappa shape index (κ3) is 3.04. The van der Waals surface area contributed by atoms with Gasteiger partial charge in [-0.2, -0.15) is 5.26 Å². The number of ether oxygens (including phenoxy) is 3. The lowest BCUT2D eigenvalue weighted by atomic mass is 9.61. The van der Waals surface area contributed by atoms with Gasteiger partial charge in [-0.05, 0) is 29.3 Å². The van der Waals surface area contributed by atoms with Crippen molar-refractivity contribution in [3.05, 3.63) is 65.0 Å². The molecule has 35 heavy (non-hydrogen) atoms. The number of nitrogens with one attached hydrogen (secondary N) is 2. The molecule has 0 aliphatic carbocycles. The number of hydrogen-bond donors (Lipinski definition) is 4. The highest BCUT2D eigenvalue weighted by Gasteiger charge is 2.67. The normalized spacial score (nSPS) is 26.7. The van der Waals surface area contributed by atoms with E-state index in [4.69, 9.17) is 19.9 Å². The Morgan fingerprint density at radius 2 is 1.97 bits per heavy atom. The van der Waals surface area contributed by atoms with Gasteiger partial charge in [-0.15, -0.1) is 0 Å². The number of para-hydroxylation sites is 1. The van der Waals surface area contributed by atoms with Crippen LogP contribution >= 0.6 is 0 Å². The van der Waals surface area contributed by atoms with Crippen LogP contribution in [0.15, 0.2) is 53.9 Å². The van der Waals surface area contributed by atoms with E-state index in [1.54, 1.807) is 36.4 Å². The van der Waals surface area contributed by atoms with Crippen molar-refractivity contribution in [1.82, 2.24) is 10.9 Å². The molecule has 2 aromatic rings. The van der Waals surface area contributed by atoms with Crippen LogP contribution in [0.25, 0.3) is 0 Å². The smallest absolute Gasteiger partial charge is 0.323 e. The molecule has 5 rings (SSSR count). The summed E-state index contributed by atoms with van der Waals surface area (Å²) in [7, 11) is 3.05. The molecule has 5 N–H and O–H groups in total. The van der Waals surface area contributed by atoms with Crippen LogP contribution in [0.1, 0.15) is 17.2 Å². The number of hydrazine groups is 1. The Labute approximate surface area is 200 Å². The summed E-state index contributed by atoms with van der Waals surface area (Å²) in [4.78, 5) is 27.1. The fourth-order valence-corrected chi connectivity index (χ4v) is 5.48. The summed E-state index contributed by atoms with van der Waals surface area (Å²) in [6.45, 7) is -0.559. The molecule has 2 aromatic carbocycles. The Balaban J connectivity index is 1.75. The standard InChI is InChI=1S/C24H23N5O6/c1-33-16-8-7-12(9-17(16)34-2)20-19-22(28-27-20)35-21(26)14(10-25)24(19)13-5-3-4-6-15(13)29(23(24)32)11-18(30)31/h3-9,19-20,22,27-28H,11,26H2,1-2H3,(H,30,31). The summed E-state index contributed by atoms with van der Waals surface area (Å²) >= 11 is 0. The average Bonchev–Trinajstić information content (AvgIpc) is 3.38. The van der Waals surface area contributed by atoms with Gasteiger partial charge in [0.15, 0.2) is 17.7 Å². The van der Waals surface area contributed by atoms with Gasteiger partial charge in [0.2, 0.25) is 11.8 Å². The minimum Gasteiger partial charge on any atom is -0.493 e. The molecule has 11 nitrogen and oxygen atoms in total. The topological polar surface area (TPSA) is 159 Å². The highest BCUT2D eigenvalue weighted by molar-refractivity contribution is 6.13. The molecule has 1 fully saturated rings. The molecule has 3 heterocycles. The van der Waals surface area contributed by atoms with Crippen LogP contribution in [0.5, 0.6) is 11.5 Å². The Kier molecular flexibility index (Phi) is 5.27. The van der Waals surface area contributed by atoms with Crippen LogP contribution in [0.3, 0.4) is 0 Å². The van der Waals surface area contributed by atoms with Crippen molar-refractivity contribution in [3.63, 3.8) is 0 Å². The summed E-state index contributed by atoms with van der Waals surface area (Å²) in [6, 6.07) is 13.8. The van der Waals surface area contributed by atoms with Crippen molar-refractivity contribution in [3.8, 4) is 17.6 Å². The highest BCUT2D eigenvalue weighted by atomic mass is 16.5. The Morgan fingerprint density at radius 1 is 1.23 bits per heavy atom. The number of carboxylic acid groups (broad SMARTS) is 1. The molecule has 11 heteroatoms. The largest absolute Gasteiger partial charge is 0.493 e. The second-order valence-corrected chi connectivity index (χ2v) is 8.41. The van der Waals surface area contributed by atoms with Gasteiger partial charge < -0.3 is 25.1 Å². The highest BCUT2D eigenvalue weighted by Crippen LogP contribution is 2.58. The lowest BCUT2D eigenvalue weighted by molar-refractivity contribution is -0.137. The molecule has 0 bridgehead atoms. The number of hydrogen-bond acceptors (Lipinski definition) is 9. The third-order valence-corrected chi connectivity index (χ3v) is 6.84. The van der Waals surface area contributed by atoms with E-state index in [-0.39, 0.29) is 11.5 Å². The monoisotopic (exact) mass is 477 g/mol. The first kappa shape index (κ1) is 22.5. The number of nitrogens with zero attached hydrogens (tertiary/aromatic N) is 2. The summed E-state index contributed by atoms with van der Waals surface area (Å²) in [5, 5.41) is 19.7. The fraction of sp³-hybridized carbons (Fsp3) is 0.292. The van der Waals surface area contributed by atoms with Crippen molar-refractivity contribution in [1.29, 1.82) is 5.26 Å². The molecule has 4 atom stereocenters. The molecule has 0 radical (unpaired) electrons. The molecule has 1 amide bonds. The minimum absolute atomic E-state index is 0.0555. The van der Waals surface area contributed by atoms with Crippen molar-refractivity contribution in [2.75, 3.05) is 25.7 Å². The molecule has 1 saturated heterocycles. The molecule has 0 aromatic heterocycles. The number of anilines is 1. The van der Waals surface area contributed by atoms with Crippen molar-refractivity contribution in [2.24, 2.45) is 11.7 Å². The number of fused-ring (bicyclic) bond motifs is 4. The zero-order chi connectivity index (χ0) is 24.9. The Hall–Kier alpha value is -4.27. The first-order chi connectivity index (χ1) is 16.9. The number of aliphatic carboxylic acids is 1. The van der Waals surface area contributed by atoms with Gasteiger partial charge >= 0.3 is 5.97 Å². The summed E-state index contributed by atoms with van der Waals surface area (Å²) in [5.74, 6) is -1.59. The van der Waals surface area contributed by atoms with Gasteiger partial charge in [0.25, 0.3) is 0 Å².